The molecule has 0 aromatic heterocycles. The van der Waals surface area contributed by atoms with Crippen LogP contribution in [0.25, 0.3) is 0 Å². The van der Waals surface area contributed by atoms with Gasteiger partial charge in [0.15, 0.2) is 0 Å². The highest BCUT2D eigenvalue weighted by atomic mass is 32.2. The topological polar surface area (TPSA) is 27.7 Å². The third-order valence-electron chi connectivity index (χ3n) is 5.25. The quantitative estimate of drug-likeness (QED) is 0.441. The van der Waals surface area contributed by atoms with Gasteiger partial charge in [0.2, 0.25) is 0 Å². The largest absolute Gasteiger partial charge is 0.371 e. The molecule has 4 rings (SSSR count). The van der Waals surface area contributed by atoms with Crippen LogP contribution in [0.3, 0.4) is 0 Å². The van der Waals surface area contributed by atoms with Crippen LogP contribution in [0.1, 0.15) is 24.5 Å². The van der Waals surface area contributed by atoms with E-state index in [0.717, 1.165) is 6.42 Å². The highest BCUT2D eigenvalue weighted by Gasteiger charge is 2.38. The van der Waals surface area contributed by atoms with E-state index in [2.05, 4.69) is 55.5 Å². The molecule has 0 radical (unpaired) electrons. The standard InChI is InChI=1S/C26H28O3S/c1-20-24(27-18-21-11-5-2-6-12-21)17-25(28-19-22-13-7-3-8-14-22)26(29-20)30-23-15-9-4-10-16-23/h2-16,20,24-26H,17-19H2,1H3/t20-,24?,25?,26?/m0/s1. The van der Waals surface area contributed by atoms with Crippen molar-refractivity contribution in [1.82, 2.24) is 0 Å². The van der Waals surface area contributed by atoms with Crippen molar-refractivity contribution in [3.05, 3.63) is 102 Å². The van der Waals surface area contributed by atoms with Gasteiger partial charge in [-0.1, -0.05) is 90.6 Å². The Bertz CT molecular complexity index is 873. The van der Waals surface area contributed by atoms with Gasteiger partial charge in [0, 0.05) is 11.3 Å². The van der Waals surface area contributed by atoms with Gasteiger partial charge in [-0.3, -0.25) is 0 Å². The number of hydrogen-bond acceptors (Lipinski definition) is 4. The number of hydrogen-bond donors (Lipinski definition) is 0. The minimum absolute atomic E-state index is 0.00129. The lowest BCUT2D eigenvalue weighted by Gasteiger charge is -2.39. The zero-order valence-corrected chi connectivity index (χ0v) is 18.0. The predicted molar refractivity (Wildman–Crippen MR) is 121 cm³/mol. The first kappa shape index (κ1) is 21.1. The van der Waals surface area contributed by atoms with Crippen molar-refractivity contribution in [2.45, 2.75) is 55.2 Å². The lowest BCUT2D eigenvalue weighted by Crippen LogP contribution is -2.46. The van der Waals surface area contributed by atoms with E-state index in [1.807, 2.05) is 42.5 Å². The summed E-state index contributed by atoms with van der Waals surface area (Å²) in [6.45, 7) is 3.25. The van der Waals surface area contributed by atoms with E-state index in [9.17, 15) is 0 Å². The molecule has 156 valence electrons. The SMILES string of the molecule is C[C@@H]1OC(Sc2ccccc2)C(OCc2ccccc2)CC1OCc1ccccc1. The van der Waals surface area contributed by atoms with Crippen LogP contribution in [0.5, 0.6) is 0 Å². The van der Waals surface area contributed by atoms with E-state index >= 15 is 0 Å². The Hall–Kier alpha value is -2.11. The highest BCUT2D eigenvalue weighted by Crippen LogP contribution is 2.36. The van der Waals surface area contributed by atoms with Gasteiger partial charge in [0.25, 0.3) is 0 Å². The molecule has 1 saturated heterocycles. The van der Waals surface area contributed by atoms with Crippen LogP contribution in [0, 0.1) is 0 Å². The van der Waals surface area contributed by atoms with Crippen LogP contribution in [0.2, 0.25) is 0 Å². The molecule has 1 aliphatic rings. The summed E-state index contributed by atoms with van der Waals surface area (Å²) in [6.07, 6.45) is 0.767. The fraction of sp³-hybridized carbons (Fsp3) is 0.308. The minimum Gasteiger partial charge on any atom is -0.371 e. The van der Waals surface area contributed by atoms with Crippen molar-refractivity contribution in [2.75, 3.05) is 0 Å². The fourth-order valence-corrected chi connectivity index (χ4v) is 4.72. The molecular formula is C26H28O3S. The molecule has 30 heavy (non-hydrogen) atoms. The summed E-state index contributed by atoms with van der Waals surface area (Å²) < 4.78 is 19.0. The smallest absolute Gasteiger partial charge is 0.134 e. The van der Waals surface area contributed by atoms with Crippen molar-refractivity contribution in [1.29, 1.82) is 0 Å². The summed E-state index contributed by atoms with van der Waals surface area (Å²) in [7, 11) is 0. The van der Waals surface area contributed by atoms with E-state index in [1.165, 1.54) is 16.0 Å². The molecule has 1 aliphatic heterocycles. The molecule has 0 N–H and O–H groups in total. The Morgan fingerprint density at radius 3 is 1.80 bits per heavy atom. The molecule has 3 aromatic rings. The molecule has 4 atom stereocenters. The van der Waals surface area contributed by atoms with Gasteiger partial charge in [-0.05, 0) is 30.2 Å². The number of thioether (sulfide) groups is 1. The predicted octanol–water partition coefficient (Wildman–Crippen LogP) is 6.08. The number of rotatable bonds is 8. The summed E-state index contributed by atoms with van der Waals surface area (Å²) in [5.41, 5.74) is 2.27. The van der Waals surface area contributed by atoms with E-state index < -0.39 is 0 Å². The normalized spacial score (nSPS) is 23.9. The first-order chi connectivity index (χ1) is 14.8. The van der Waals surface area contributed by atoms with Crippen molar-refractivity contribution in [2.24, 2.45) is 0 Å². The Morgan fingerprint density at radius 2 is 1.23 bits per heavy atom. The van der Waals surface area contributed by atoms with Crippen LogP contribution in [-0.2, 0) is 27.4 Å². The third-order valence-corrected chi connectivity index (χ3v) is 6.44. The van der Waals surface area contributed by atoms with Crippen LogP contribution in [0.4, 0.5) is 0 Å². The summed E-state index contributed by atoms with van der Waals surface area (Å²) in [5, 5.41) is 0. The van der Waals surface area contributed by atoms with Crippen LogP contribution < -0.4 is 0 Å². The average Bonchev–Trinajstić information content (AvgIpc) is 2.80. The lowest BCUT2D eigenvalue weighted by molar-refractivity contribution is -0.171. The second kappa shape index (κ2) is 10.8. The molecule has 4 heteroatoms. The molecule has 1 heterocycles. The van der Waals surface area contributed by atoms with Gasteiger partial charge in [0.05, 0.1) is 31.5 Å². The van der Waals surface area contributed by atoms with Crippen molar-refractivity contribution in [3.8, 4) is 0 Å². The maximum atomic E-state index is 6.41. The van der Waals surface area contributed by atoms with E-state index in [4.69, 9.17) is 14.2 Å². The summed E-state index contributed by atoms with van der Waals surface area (Å²) in [4.78, 5) is 1.19. The van der Waals surface area contributed by atoms with Gasteiger partial charge >= 0.3 is 0 Å². The average molecular weight is 421 g/mol. The molecule has 1 fully saturated rings. The molecule has 3 aromatic carbocycles. The Balaban J connectivity index is 1.43. The Labute approximate surface area is 183 Å². The molecular weight excluding hydrogens is 392 g/mol. The van der Waals surface area contributed by atoms with E-state index in [1.54, 1.807) is 11.8 Å². The van der Waals surface area contributed by atoms with Crippen LogP contribution in [-0.4, -0.2) is 23.7 Å². The first-order valence-electron chi connectivity index (χ1n) is 10.5. The molecule has 0 amide bonds. The minimum atomic E-state index is -0.0670. The fourth-order valence-electron chi connectivity index (χ4n) is 3.56. The summed E-state index contributed by atoms with van der Waals surface area (Å²) >= 11 is 1.73. The monoisotopic (exact) mass is 420 g/mol. The van der Waals surface area contributed by atoms with E-state index in [0.29, 0.717) is 13.2 Å². The van der Waals surface area contributed by atoms with Gasteiger partial charge in [0.1, 0.15) is 5.44 Å². The number of benzene rings is 3. The third kappa shape index (κ3) is 5.96. The summed E-state index contributed by atoms with van der Waals surface area (Å²) in [6, 6.07) is 30.9. The second-order valence-electron chi connectivity index (χ2n) is 7.55. The van der Waals surface area contributed by atoms with Gasteiger partial charge in [-0.2, -0.15) is 0 Å². The first-order valence-corrected chi connectivity index (χ1v) is 11.3. The van der Waals surface area contributed by atoms with Crippen molar-refractivity contribution in [3.63, 3.8) is 0 Å². The van der Waals surface area contributed by atoms with Gasteiger partial charge in [-0.15, -0.1) is 0 Å². The van der Waals surface area contributed by atoms with E-state index in [-0.39, 0.29) is 23.7 Å². The van der Waals surface area contributed by atoms with Gasteiger partial charge in [-0.25, -0.2) is 0 Å². The van der Waals surface area contributed by atoms with Crippen molar-refractivity contribution < 1.29 is 14.2 Å². The zero-order chi connectivity index (χ0) is 20.6. The molecule has 3 nitrogen and oxygen atoms in total. The molecule has 0 aliphatic carbocycles. The maximum absolute atomic E-state index is 6.41. The zero-order valence-electron chi connectivity index (χ0n) is 17.2. The summed E-state index contributed by atoms with van der Waals surface area (Å²) in [5.74, 6) is 0. The number of ether oxygens (including phenoxy) is 3. The Kier molecular flexibility index (Phi) is 7.59. The van der Waals surface area contributed by atoms with Crippen LogP contribution in [0.15, 0.2) is 95.9 Å². The molecule has 0 bridgehead atoms. The van der Waals surface area contributed by atoms with Crippen LogP contribution >= 0.6 is 11.8 Å². The van der Waals surface area contributed by atoms with Gasteiger partial charge < -0.3 is 14.2 Å². The molecule has 0 saturated carbocycles. The molecule has 3 unspecified atom stereocenters. The highest BCUT2D eigenvalue weighted by molar-refractivity contribution is 7.99. The maximum Gasteiger partial charge on any atom is 0.134 e. The second-order valence-corrected chi connectivity index (χ2v) is 8.72. The lowest BCUT2D eigenvalue weighted by atomic mass is 10.0. The Morgan fingerprint density at radius 1 is 0.733 bits per heavy atom. The van der Waals surface area contributed by atoms with Crippen molar-refractivity contribution >= 4 is 11.8 Å². The molecule has 0 spiro atoms.